The van der Waals surface area contributed by atoms with Crippen LogP contribution in [0.4, 0.5) is 0 Å². The molecule has 7 nitrogen and oxygen atoms in total. The highest BCUT2D eigenvalue weighted by Crippen LogP contribution is 2.22. The van der Waals surface area contributed by atoms with Crippen molar-refractivity contribution in [2.45, 2.75) is 25.7 Å². The number of nitrogens with zero attached hydrogens (tertiary/aromatic N) is 4. The van der Waals surface area contributed by atoms with Crippen LogP contribution in [0.5, 0.6) is 0 Å². The van der Waals surface area contributed by atoms with Crippen LogP contribution in [0, 0.1) is 5.92 Å². The van der Waals surface area contributed by atoms with E-state index in [0.29, 0.717) is 18.2 Å². The molecule has 1 unspecified atom stereocenters. The van der Waals surface area contributed by atoms with Crippen molar-refractivity contribution in [3.8, 4) is 0 Å². The number of hydrogen-bond donors (Lipinski definition) is 1. The maximum absolute atomic E-state index is 12.7. The summed E-state index contributed by atoms with van der Waals surface area (Å²) in [6, 6.07) is 5.29. The first kappa shape index (κ1) is 18.1. The van der Waals surface area contributed by atoms with Crippen molar-refractivity contribution in [3.63, 3.8) is 0 Å². The van der Waals surface area contributed by atoms with Gasteiger partial charge in [0, 0.05) is 44.6 Å². The van der Waals surface area contributed by atoms with Gasteiger partial charge in [0.2, 0.25) is 5.91 Å². The fourth-order valence-corrected chi connectivity index (χ4v) is 3.26. The van der Waals surface area contributed by atoms with Gasteiger partial charge in [-0.25, -0.2) is 0 Å². The number of aromatic nitrogens is 3. The molecule has 1 aliphatic heterocycles. The van der Waals surface area contributed by atoms with E-state index in [2.05, 4.69) is 15.4 Å². The van der Waals surface area contributed by atoms with E-state index in [1.165, 1.54) is 0 Å². The molecule has 0 aromatic carbocycles. The van der Waals surface area contributed by atoms with Crippen molar-refractivity contribution >= 4 is 11.8 Å². The summed E-state index contributed by atoms with van der Waals surface area (Å²) in [6.45, 7) is 4.01. The lowest BCUT2D eigenvalue weighted by Crippen LogP contribution is -2.43. The Morgan fingerprint density at radius 2 is 2.08 bits per heavy atom. The van der Waals surface area contributed by atoms with Crippen LogP contribution in [-0.4, -0.2) is 51.1 Å². The van der Waals surface area contributed by atoms with E-state index in [4.69, 9.17) is 0 Å². The maximum Gasteiger partial charge on any atom is 0.269 e. The second-order valence-corrected chi connectivity index (χ2v) is 6.86. The Bertz CT molecular complexity index is 750. The molecule has 0 spiro atoms. The third-order valence-electron chi connectivity index (χ3n) is 4.97. The first-order valence-electron chi connectivity index (χ1n) is 9.01. The maximum atomic E-state index is 12.7. The van der Waals surface area contributed by atoms with Gasteiger partial charge in [-0.1, -0.05) is 6.07 Å². The lowest BCUT2D eigenvalue weighted by atomic mass is 9.94. The Balaban J connectivity index is 1.45. The van der Waals surface area contributed by atoms with E-state index in [9.17, 15) is 9.59 Å². The summed E-state index contributed by atoms with van der Waals surface area (Å²) in [5.41, 5.74) is 1.38. The van der Waals surface area contributed by atoms with Gasteiger partial charge in [-0.3, -0.25) is 19.3 Å². The van der Waals surface area contributed by atoms with Crippen LogP contribution >= 0.6 is 0 Å². The smallest absolute Gasteiger partial charge is 0.269 e. The van der Waals surface area contributed by atoms with Gasteiger partial charge in [-0.15, -0.1) is 0 Å². The molecule has 3 heterocycles. The van der Waals surface area contributed by atoms with Crippen LogP contribution in [0.25, 0.3) is 0 Å². The van der Waals surface area contributed by atoms with Gasteiger partial charge < -0.3 is 10.2 Å². The number of carbonyl (C=O) groups excluding carboxylic acids is 2. The van der Waals surface area contributed by atoms with Crippen LogP contribution in [0.1, 0.15) is 41.7 Å². The summed E-state index contributed by atoms with van der Waals surface area (Å²) in [6.07, 6.45) is 7.05. The Morgan fingerprint density at radius 1 is 1.31 bits per heavy atom. The minimum Gasteiger partial charge on any atom is -0.350 e. The molecule has 1 saturated heterocycles. The molecular weight excluding hydrogens is 330 g/mol. The molecule has 2 aromatic rings. The SMILES string of the molecule is CC(C(=O)N1CCC(CNC(=O)c2ccccn2)CC1)c1cnn(C)c1. The topological polar surface area (TPSA) is 80.1 Å². The van der Waals surface area contributed by atoms with Crippen LogP contribution in [0.3, 0.4) is 0 Å². The number of aryl methyl sites for hydroxylation is 1. The van der Waals surface area contributed by atoms with E-state index < -0.39 is 0 Å². The van der Waals surface area contributed by atoms with Gasteiger partial charge in [0.15, 0.2) is 0 Å². The Morgan fingerprint density at radius 3 is 2.69 bits per heavy atom. The fourth-order valence-electron chi connectivity index (χ4n) is 3.26. The van der Waals surface area contributed by atoms with Crippen molar-refractivity contribution in [3.05, 3.63) is 48.0 Å². The average molecular weight is 355 g/mol. The molecule has 1 atom stereocenters. The van der Waals surface area contributed by atoms with Crippen LogP contribution in [0.2, 0.25) is 0 Å². The predicted molar refractivity (Wildman–Crippen MR) is 97.5 cm³/mol. The number of piperidine rings is 1. The van der Waals surface area contributed by atoms with E-state index in [1.807, 2.05) is 25.1 Å². The highest BCUT2D eigenvalue weighted by molar-refractivity contribution is 5.92. The minimum atomic E-state index is -0.177. The van der Waals surface area contributed by atoms with E-state index >= 15 is 0 Å². The number of hydrogen-bond acceptors (Lipinski definition) is 4. The molecule has 1 aliphatic rings. The summed E-state index contributed by atoms with van der Waals surface area (Å²) in [4.78, 5) is 30.7. The monoisotopic (exact) mass is 355 g/mol. The Hall–Kier alpha value is -2.70. The number of carbonyl (C=O) groups is 2. The molecule has 0 saturated carbocycles. The van der Waals surface area contributed by atoms with Crippen molar-refractivity contribution in [1.82, 2.24) is 25.0 Å². The summed E-state index contributed by atoms with van der Waals surface area (Å²) < 4.78 is 1.72. The molecule has 2 aromatic heterocycles. The summed E-state index contributed by atoms with van der Waals surface area (Å²) >= 11 is 0. The number of rotatable bonds is 5. The van der Waals surface area contributed by atoms with Crippen molar-refractivity contribution < 1.29 is 9.59 Å². The molecule has 138 valence electrons. The third-order valence-corrected chi connectivity index (χ3v) is 4.97. The normalized spacial score (nSPS) is 16.3. The molecule has 1 N–H and O–H groups in total. The second kappa shape index (κ2) is 8.12. The Labute approximate surface area is 153 Å². The molecule has 0 aliphatic carbocycles. The first-order valence-corrected chi connectivity index (χ1v) is 9.01. The van der Waals surface area contributed by atoms with Crippen LogP contribution in [0.15, 0.2) is 36.8 Å². The summed E-state index contributed by atoms with van der Waals surface area (Å²) in [5, 5.41) is 7.09. The van der Waals surface area contributed by atoms with Gasteiger partial charge in [0.25, 0.3) is 5.91 Å². The van der Waals surface area contributed by atoms with Crippen LogP contribution in [-0.2, 0) is 11.8 Å². The van der Waals surface area contributed by atoms with Crippen molar-refractivity contribution in [2.24, 2.45) is 13.0 Å². The first-order chi connectivity index (χ1) is 12.5. The predicted octanol–water partition coefficient (Wildman–Crippen LogP) is 1.59. The summed E-state index contributed by atoms with van der Waals surface area (Å²) in [5.74, 6) is 0.216. The summed E-state index contributed by atoms with van der Waals surface area (Å²) in [7, 11) is 1.85. The number of pyridine rings is 1. The molecule has 3 rings (SSSR count). The third kappa shape index (κ3) is 4.28. The lowest BCUT2D eigenvalue weighted by molar-refractivity contribution is -0.133. The zero-order chi connectivity index (χ0) is 18.5. The number of amides is 2. The van der Waals surface area contributed by atoms with E-state index in [0.717, 1.165) is 31.5 Å². The highest BCUT2D eigenvalue weighted by atomic mass is 16.2. The van der Waals surface area contributed by atoms with Gasteiger partial charge in [0.1, 0.15) is 5.69 Å². The standard InChI is InChI=1S/C19H25N5O2/c1-14(16-12-22-23(2)13-16)19(26)24-9-6-15(7-10-24)11-21-18(25)17-5-3-4-8-20-17/h3-5,8,12-15H,6-7,9-11H2,1-2H3,(H,21,25). The molecule has 26 heavy (non-hydrogen) atoms. The fraction of sp³-hybridized carbons (Fsp3) is 0.474. The largest absolute Gasteiger partial charge is 0.350 e. The van der Waals surface area contributed by atoms with Crippen molar-refractivity contribution in [2.75, 3.05) is 19.6 Å². The zero-order valence-corrected chi connectivity index (χ0v) is 15.3. The Kier molecular flexibility index (Phi) is 5.65. The van der Waals surface area contributed by atoms with Crippen LogP contribution < -0.4 is 5.32 Å². The van der Waals surface area contributed by atoms with Gasteiger partial charge >= 0.3 is 0 Å². The molecule has 0 radical (unpaired) electrons. The van der Waals surface area contributed by atoms with E-state index in [1.54, 1.807) is 35.3 Å². The van der Waals surface area contributed by atoms with E-state index in [-0.39, 0.29) is 17.7 Å². The number of nitrogens with one attached hydrogen (secondary N) is 1. The van der Waals surface area contributed by atoms with Gasteiger partial charge in [0.05, 0.1) is 12.1 Å². The van der Waals surface area contributed by atoms with Crippen molar-refractivity contribution in [1.29, 1.82) is 0 Å². The number of likely N-dealkylation sites (tertiary alicyclic amines) is 1. The molecule has 7 heteroatoms. The zero-order valence-electron chi connectivity index (χ0n) is 15.3. The molecule has 0 bridgehead atoms. The molecule has 2 amide bonds. The lowest BCUT2D eigenvalue weighted by Gasteiger charge is -2.33. The quantitative estimate of drug-likeness (QED) is 0.883. The highest BCUT2D eigenvalue weighted by Gasteiger charge is 2.27. The van der Waals surface area contributed by atoms with Gasteiger partial charge in [-0.2, -0.15) is 5.10 Å². The van der Waals surface area contributed by atoms with Gasteiger partial charge in [-0.05, 0) is 37.8 Å². The minimum absolute atomic E-state index is 0.144. The average Bonchev–Trinajstić information content (AvgIpc) is 3.12. The second-order valence-electron chi connectivity index (χ2n) is 6.86. The molecular formula is C19H25N5O2. The molecule has 1 fully saturated rings.